The Morgan fingerprint density at radius 3 is 2.13 bits per heavy atom. The van der Waals surface area contributed by atoms with Gasteiger partial charge in [-0.2, -0.15) is 0 Å². The van der Waals surface area contributed by atoms with Gasteiger partial charge in [0.15, 0.2) is 0 Å². The molecule has 0 aliphatic rings. The maximum Gasteiger partial charge on any atom is 0.257 e. The number of carbonyl (C=O) groups excluding carboxylic acids is 2. The van der Waals surface area contributed by atoms with Gasteiger partial charge in [-0.25, -0.2) is 17.5 Å². The summed E-state index contributed by atoms with van der Waals surface area (Å²) in [5.74, 6) is -2.02. The molecule has 2 aromatic carbocycles. The molecule has 0 spiro atoms. The molecular weight excluding hydrogens is 407 g/mol. The van der Waals surface area contributed by atoms with Gasteiger partial charge in [0.25, 0.3) is 10.0 Å². The molecule has 2 rings (SSSR count). The van der Waals surface area contributed by atoms with Gasteiger partial charge in [0.05, 0.1) is 5.41 Å². The van der Waals surface area contributed by atoms with Crippen molar-refractivity contribution in [3.8, 4) is 0 Å². The summed E-state index contributed by atoms with van der Waals surface area (Å²) in [6, 6.07) is 13.7. The van der Waals surface area contributed by atoms with Crippen molar-refractivity contribution in [1.29, 1.82) is 0 Å². The molecule has 2 amide bonds. The average Bonchev–Trinajstić information content (AvgIpc) is 2.68. The molecule has 0 bridgehead atoms. The number of nitrogens with one attached hydrogen (secondary N) is 1. The molecular formula is C22H25FN2O4S. The summed E-state index contributed by atoms with van der Waals surface area (Å²) in [6.07, 6.45) is 1.35. The summed E-state index contributed by atoms with van der Waals surface area (Å²) in [6.45, 7) is 6.18. The van der Waals surface area contributed by atoms with Gasteiger partial charge in [-0.3, -0.25) is 9.59 Å². The van der Waals surface area contributed by atoms with Crippen molar-refractivity contribution in [2.45, 2.75) is 33.7 Å². The number of anilines is 1. The zero-order valence-corrected chi connectivity index (χ0v) is 18.1. The lowest BCUT2D eigenvalue weighted by Crippen LogP contribution is -2.52. The topological polar surface area (TPSA) is 83.6 Å². The Hall–Kier alpha value is -3.00. The van der Waals surface area contributed by atoms with Crippen LogP contribution in [0.2, 0.25) is 0 Å². The second kappa shape index (κ2) is 9.21. The summed E-state index contributed by atoms with van der Waals surface area (Å²) in [5.41, 5.74) is -0.635. The Morgan fingerprint density at radius 1 is 1.03 bits per heavy atom. The molecule has 30 heavy (non-hydrogen) atoms. The largest absolute Gasteiger partial charge is 0.309 e. The van der Waals surface area contributed by atoms with Gasteiger partial charge in [-0.1, -0.05) is 30.3 Å². The molecule has 0 saturated carbocycles. The van der Waals surface area contributed by atoms with Crippen LogP contribution in [0.25, 0.3) is 6.08 Å². The Labute approximate surface area is 176 Å². The smallest absolute Gasteiger partial charge is 0.257 e. The normalized spacial score (nSPS) is 12.2. The summed E-state index contributed by atoms with van der Waals surface area (Å²) in [7, 11) is -4.11. The zero-order chi connectivity index (χ0) is 22.5. The fourth-order valence-electron chi connectivity index (χ4n) is 2.67. The highest BCUT2D eigenvalue weighted by atomic mass is 32.2. The summed E-state index contributed by atoms with van der Waals surface area (Å²) in [4.78, 5) is 27.2. The monoisotopic (exact) mass is 432 g/mol. The van der Waals surface area contributed by atoms with Crippen LogP contribution in [0.3, 0.4) is 0 Å². The number of benzene rings is 2. The van der Waals surface area contributed by atoms with E-state index in [0.29, 0.717) is 11.3 Å². The minimum atomic E-state index is -4.11. The minimum Gasteiger partial charge on any atom is -0.309 e. The Balaban J connectivity index is 2.22. The van der Waals surface area contributed by atoms with Crippen molar-refractivity contribution >= 4 is 33.6 Å². The van der Waals surface area contributed by atoms with E-state index in [0.717, 1.165) is 5.41 Å². The number of halogens is 1. The first-order chi connectivity index (χ1) is 13.9. The number of hydrogen-bond donors (Lipinski definition) is 1. The second-order valence-electron chi connectivity index (χ2n) is 7.56. The molecule has 8 heteroatoms. The molecule has 0 aromatic heterocycles. The fourth-order valence-corrected chi connectivity index (χ4v) is 3.59. The summed E-state index contributed by atoms with van der Waals surface area (Å²) in [5, 5.41) is 0.876. The minimum absolute atomic E-state index is 0.343. The van der Waals surface area contributed by atoms with Crippen molar-refractivity contribution < 1.29 is 22.4 Å². The van der Waals surface area contributed by atoms with E-state index < -0.39 is 33.1 Å². The van der Waals surface area contributed by atoms with Crippen LogP contribution in [-0.2, 0) is 19.6 Å². The summed E-state index contributed by atoms with van der Waals surface area (Å²) < 4.78 is 39.8. The molecule has 0 aliphatic carbocycles. The van der Waals surface area contributed by atoms with Crippen molar-refractivity contribution in [2.24, 2.45) is 5.41 Å². The van der Waals surface area contributed by atoms with E-state index in [2.05, 4.69) is 0 Å². The van der Waals surface area contributed by atoms with Crippen LogP contribution in [0.1, 0.15) is 33.3 Å². The lowest BCUT2D eigenvalue weighted by molar-refractivity contribution is -0.138. The Bertz CT molecular complexity index is 1030. The summed E-state index contributed by atoms with van der Waals surface area (Å²) >= 11 is 0. The number of carbonyl (C=O) groups is 2. The first-order valence-corrected chi connectivity index (χ1v) is 10.9. The lowest BCUT2D eigenvalue weighted by Gasteiger charge is -2.33. The predicted octanol–water partition coefficient (Wildman–Crippen LogP) is 3.71. The predicted molar refractivity (Wildman–Crippen MR) is 115 cm³/mol. The first kappa shape index (κ1) is 23.3. The highest BCUT2D eigenvalue weighted by molar-refractivity contribution is 7.93. The third-order valence-corrected chi connectivity index (χ3v) is 5.38. The molecule has 0 saturated heterocycles. The van der Waals surface area contributed by atoms with E-state index in [-0.39, 0.29) is 6.04 Å². The first-order valence-electron chi connectivity index (χ1n) is 9.33. The Morgan fingerprint density at radius 2 is 1.60 bits per heavy atom. The van der Waals surface area contributed by atoms with Crippen LogP contribution < -0.4 is 9.62 Å². The van der Waals surface area contributed by atoms with Gasteiger partial charge in [0.2, 0.25) is 11.8 Å². The molecule has 0 heterocycles. The van der Waals surface area contributed by atoms with Crippen molar-refractivity contribution in [2.75, 3.05) is 4.90 Å². The maximum absolute atomic E-state index is 13.3. The molecule has 0 unspecified atom stereocenters. The van der Waals surface area contributed by atoms with E-state index >= 15 is 0 Å². The molecule has 160 valence electrons. The highest BCUT2D eigenvalue weighted by Gasteiger charge is 2.41. The second-order valence-corrected chi connectivity index (χ2v) is 9.13. The number of rotatable bonds is 7. The standard InChI is InChI=1S/C22H25FN2O4S/c1-16(2)25(19-12-10-18(23)11-13-19)21(27)22(3,4)20(26)24-30(28,29)15-14-17-8-6-5-7-9-17/h5-16H,1-4H3,(H,24,26)/b15-14+. The van der Waals surface area contributed by atoms with Gasteiger partial charge in [-0.15, -0.1) is 0 Å². The van der Waals surface area contributed by atoms with Crippen LogP contribution in [-0.4, -0.2) is 26.3 Å². The van der Waals surface area contributed by atoms with Gasteiger partial charge in [0.1, 0.15) is 11.2 Å². The van der Waals surface area contributed by atoms with Crippen LogP contribution in [0.4, 0.5) is 10.1 Å². The zero-order valence-electron chi connectivity index (χ0n) is 17.3. The van der Waals surface area contributed by atoms with Crippen LogP contribution in [0.5, 0.6) is 0 Å². The quantitative estimate of drug-likeness (QED) is 0.676. The van der Waals surface area contributed by atoms with Gasteiger partial charge in [0, 0.05) is 11.7 Å². The van der Waals surface area contributed by atoms with E-state index in [9.17, 15) is 22.4 Å². The van der Waals surface area contributed by atoms with E-state index in [4.69, 9.17) is 0 Å². The molecule has 2 aromatic rings. The van der Waals surface area contributed by atoms with Gasteiger partial charge >= 0.3 is 0 Å². The lowest BCUT2D eigenvalue weighted by atomic mass is 9.90. The van der Waals surface area contributed by atoms with Gasteiger partial charge < -0.3 is 4.90 Å². The fraction of sp³-hybridized carbons (Fsp3) is 0.273. The molecule has 0 aliphatic heterocycles. The third-order valence-electron chi connectivity index (χ3n) is 4.42. The van der Waals surface area contributed by atoms with E-state index in [1.54, 1.807) is 44.2 Å². The van der Waals surface area contributed by atoms with E-state index in [1.807, 2.05) is 4.72 Å². The molecule has 0 atom stereocenters. The molecule has 0 fully saturated rings. The van der Waals surface area contributed by atoms with Gasteiger partial charge in [-0.05, 0) is 63.6 Å². The number of amides is 2. The van der Waals surface area contributed by atoms with Crippen molar-refractivity contribution in [3.05, 3.63) is 71.4 Å². The maximum atomic E-state index is 13.3. The van der Waals surface area contributed by atoms with Crippen LogP contribution in [0, 0.1) is 11.2 Å². The van der Waals surface area contributed by atoms with E-state index in [1.165, 1.54) is 49.1 Å². The SMILES string of the molecule is CC(C)N(C(=O)C(C)(C)C(=O)NS(=O)(=O)/C=C/c1ccccc1)c1ccc(F)cc1. The molecule has 0 radical (unpaired) electrons. The number of hydrogen-bond acceptors (Lipinski definition) is 4. The van der Waals surface area contributed by atoms with Crippen LogP contribution >= 0.6 is 0 Å². The Kier molecular flexibility index (Phi) is 7.15. The van der Waals surface area contributed by atoms with Crippen LogP contribution in [0.15, 0.2) is 60.0 Å². The van der Waals surface area contributed by atoms with Crippen molar-refractivity contribution in [3.63, 3.8) is 0 Å². The third kappa shape index (κ3) is 5.76. The number of nitrogens with zero attached hydrogens (tertiary/aromatic N) is 1. The van der Waals surface area contributed by atoms with Crippen molar-refractivity contribution in [1.82, 2.24) is 4.72 Å². The molecule has 6 nitrogen and oxygen atoms in total. The average molecular weight is 433 g/mol. The molecule has 1 N–H and O–H groups in total. The number of sulfonamides is 1. The highest BCUT2D eigenvalue weighted by Crippen LogP contribution is 2.27.